The summed E-state index contributed by atoms with van der Waals surface area (Å²) in [7, 11) is 0. The summed E-state index contributed by atoms with van der Waals surface area (Å²) < 4.78 is 4.76. The van der Waals surface area contributed by atoms with Crippen LogP contribution in [0.5, 0.6) is 0 Å². The second-order valence-electron chi connectivity index (χ2n) is 4.72. The van der Waals surface area contributed by atoms with E-state index in [2.05, 4.69) is 0 Å². The fraction of sp³-hybridized carbons (Fsp3) is 0.909. The van der Waals surface area contributed by atoms with Gasteiger partial charge in [-0.1, -0.05) is 0 Å². The summed E-state index contributed by atoms with van der Waals surface area (Å²) in [6.07, 6.45) is 3.36. The van der Waals surface area contributed by atoms with Crippen molar-refractivity contribution in [3.8, 4) is 0 Å². The van der Waals surface area contributed by atoms with Crippen molar-refractivity contribution in [1.82, 2.24) is 4.90 Å². The molecule has 0 saturated carbocycles. The van der Waals surface area contributed by atoms with Gasteiger partial charge < -0.3 is 19.5 Å². The van der Waals surface area contributed by atoms with E-state index in [0.717, 1.165) is 25.9 Å². The van der Waals surface area contributed by atoms with Crippen LogP contribution in [-0.4, -0.2) is 61.4 Å². The van der Waals surface area contributed by atoms with E-state index in [-0.39, 0.29) is 12.5 Å². The number of likely N-dealkylation sites (tertiary alicyclic amines) is 1. The summed E-state index contributed by atoms with van der Waals surface area (Å²) in [6.45, 7) is 3.56. The van der Waals surface area contributed by atoms with Crippen LogP contribution in [0.15, 0.2) is 0 Å². The van der Waals surface area contributed by atoms with Gasteiger partial charge in [0.25, 0.3) is 5.91 Å². The van der Waals surface area contributed by atoms with Gasteiger partial charge in [0.05, 0.1) is 13.2 Å². The van der Waals surface area contributed by atoms with E-state index in [9.17, 15) is 10.0 Å². The van der Waals surface area contributed by atoms with E-state index in [1.54, 1.807) is 0 Å². The Morgan fingerprint density at radius 2 is 1.81 bits per heavy atom. The highest BCUT2D eigenvalue weighted by molar-refractivity contribution is 5.77. The first-order valence-corrected chi connectivity index (χ1v) is 6.12. The van der Waals surface area contributed by atoms with E-state index in [0.29, 0.717) is 26.3 Å². The van der Waals surface area contributed by atoms with Gasteiger partial charge in [0, 0.05) is 13.1 Å². The molecule has 1 amide bonds. The predicted octanol–water partition coefficient (Wildman–Crippen LogP) is 0.344. The number of carbonyl (C=O) groups is 1. The van der Waals surface area contributed by atoms with Gasteiger partial charge >= 0.3 is 0 Å². The van der Waals surface area contributed by atoms with Crippen LogP contribution in [0.4, 0.5) is 0 Å². The molecule has 0 aromatic carbocycles. The Kier molecular flexibility index (Phi) is 3.78. The van der Waals surface area contributed by atoms with Crippen LogP contribution in [0.2, 0.25) is 0 Å². The molecule has 2 heterocycles. The summed E-state index contributed by atoms with van der Waals surface area (Å²) in [5.74, 6) is 0.0246. The average Bonchev–Trinajstić information content (AvgIpc) is 2.30. The highest BCUT2D eigenvalue weighted by Crippen LogP contribution is 2.13. The molecule has 0 aliphatic carbocycles. The van der Waals surface area contributed by atoms with Crippen molar-refractivity contribution in [3.05, 3.63) is 5.21 Å². The van der Waals surface area contributed by atoms with Gasteiger partial charge in [-0.25, -0.2) is 0 Å². The predicted molar refractivity (Wildman–Crippen MR) is 59.5 cm³/mol. The number of nitrogens with zero attached hydrogens (tertiary/aromatic N) is 2. The summed E-state index contributed by atoms with van der Waals surface area (Å²) in [6, 6.07) is 0. The first kappa shape index (κ1) is 11.8. The number of amides is 1. The molecule has 16 heavy (non-hydrogen) atoms. The van der Waals surface area contributed by atoms with Gasteiger partial charge in [-0.3, -0.25) is 4.79 Å². The Hall–Kier alpha value is -0.650. The lowest BCUT2D eigenvalue weighted by atomic mass is 10.1. The first-order valence-electron chi connectivity index (χ1n) is 6.12. The van der Waals surface area contributed by atoms with Crippen LogP contribution in [-0.2, 0) is 9.53 Å². The third-order valence-electron chi connectivity index (χ3n) is 3.42. The second kappa shape index (κ2) is 5.12. The van der Waals surface area contributed by atoms with Crippen LogP contribution >= 0.6 is 0 Å². The zero-order valence-corrected chi connectivity index (χ0v) is 9.69. The SMILES string of the molecule is O=C(C[N+]1([O-])CCOCC1)N1CCCCC1. The third-order valence-corrected chi connectivity index (χ3v) is 3.42. The summed E-state index contributed by atoms with van der Waals surface area (Å²) in [4.78, 5) is 13.8. The van der Waals surface area contributed by atoms with E-state index >= 15 is 0 Å². The molecule has 92 valence electrons. The Morgan fingerprint density at radius 1 is 1.19 bits per heavy atom. The topological polar surface area (TPSA) is 52.6 Å². The van der Waals surface area contributed by atoms with Crippen molar-refractivity contribution < 1.29 is 14.2 Å². The van der Waals surface area contributed by atoms with Gasteiger partial charge in [0.1, 0.15) is 13.1 Å². The second-order valence-corrected chi connectivity index (χ2v) is 4.72. The molecule has 0 bridgehead atoms. The number of hydrogen-bond donors (Lipinski definition) is 0. The minimum Gasteiger partial charge on any atom is -0.632 e. The Bertz CT molecular complexity index is 246. The molecule has 0 N–H and O–H groups in total. The number of hydroxylamine groups is 3. The maximum atomic E-state index is 12.2. The van der Waals surface area contributed by atoms with E-state index in [1.807, 2.05) is 4.90 Å². The number of hydrogen-bond acceptors (Lipinski definition) is 3. The van der Waals surface area contributed by atoms with Gasteiger partial charge in [0.15, 0.2) is 6.54 Å². The van der Waals surface area contributed by atoms with E-state index < -0.39 is 4.65 Å². The molecule has 5 heteroatoms. The van der Waals surface area contributed by atoms with Crippen LogP contribution in [0.1, 0.15) is 19.3 Å². The highest BCUT2D eigenvalue weighted by atomic mass is 16.6. The quantitative estimate of drug-likeness (QED) is 0.506. The summed E-state index contributed by atoms with van der Waals surface area (Å²) in [5, 5.41) is 12.2. The Morgan fingerprint density at radius 3 is 2.44 bits per heavy atom. The van der Waals surface area contributed by atoms with Crippen LogP contribution in [0.3, 0.4) is 0 Å². The van der Waals surface area contributed by atoms with E-state index in [4.69, 9.17) is 4.74 Å². The standard InChI is InChI=1S/C11H20N2O3/c14-11(12-4-2-1-3-5-12)10-13(15)6-8-16-9-7-13/h1-10H2. The fourth-order valence-electron chi connectivity index (χ4n) is 2.32. The zero-order chi connectivity index (χ0) is 11.4. The Labute approximate surface area is 96.1 Å². The lowest BCUT2D eigenvalue weighted by Gasteiger charge is -2.45. The van der Waals surface area contributed by atoms with Crippen molar-refractivity contribution in [2.24, 2.45) is 0 Å². The first-order chi connectivity index (χ1) is 7.70. The molecule has 0 radical (unpaired) electrons. The van der Waals surface area contributed by atoms with Crippen molar-refractivity contribution in [3.63, 3.8) is 0 Å². The number of quaternary nitrogens is 1. The van der Waals surface area contributed by atoms with Crippen LogP contribution in [0, 0.1) is 5.21 Å². The average molecular weight is 228 g/mol. The van der Waals surface area contributed by atoms with E-state index in [1.165, 1.54) is 6.42 Å². The maximum absolute atomic E-state index is 12.2. The van der Waals surface area contributed by atoms with Gasteiger partial charge in [-0.2, -0.15) is 0 Å². The molecule has 2 rings (SSSR count). The third kappa shape index (κ3) is 2.93. The number of ether oxygens (including phenoxy) is 1. The van der Waals surface area contributed by atoms with Crippen molar-refractivity contribution in [2.45, 2.75) is 19.3 Å². The molecular weight excluding hydrogens is 208 g/mol. The molecular formula is C11H20N2O3. The lowest BCUT2D eigenvalue weighted by Crippen LogP contribution is -2.55. The summed E-state index contributed by atoms with van der Waals surface area (Å²) in [5.41, 5.74) is 0. The molecule has 2 saturated heterocycles. The normalized spacial score (nSPS) is 25.4. The van der Waals surface area contributed by atoms with Gasteiger partial charge in [-0.05, 0) is 19.3 Å². The van der Waals surface area contributed by atoms with Gasteiger partial charge in [0.2, 0.25) is 0 Å². The molecule has 2 aliphatic heterocycles. The largest absolute Gasteiger partial charge is 0.632 e. The van der Waals surface area contributed by atoms with Gasteiger partial charge in [-0.15, -0.1) is 0 Å². The maximum Gasteiger partial charge on any atom is 0.278 e. The Balaban J connectivity index is 1.85. The molecule has 2 fully saturated rings. The molecule has 0 spiro atoms. The minimum atomic E-state index is -0.394. The number of rotatable bonds is 2. The molecule has 0 aromatic rings. The monoisotopic (exact) mass is 228 g/mol. The highest BCUT2D eigenvalue weighted by Gasteiger charge is 2.27. The lowest BCUT2D eigenvalue weighted by molar-refractivity contribution is -0.881. The smallest absolute Gasteiger partial charge is 0.278 e. The fourth-order valence-corrected chi connectivity index (χ4v) is 2.32. The molecule has 0 atom stereocenters. The van der Waals surface area contributed by atoms with Crippen LogP contribution < -0.4 is 0 Å². The minimum absolute atomic E-state index is 0.0246. The van der Waals surface area contributed by atoms with Crippen molar-refractivity contribution >= 4 is 5.91 Å². The molecule has 0 unspecified atom stereocenters. The molecule has 2 aliphatic rings. The van der Waals surface area contributed by atoms with Crippen LogP contribution in [0.25, 0.3) is 0 Å². The van der Waals surface area contributed by atoms with Crippen molar-refractivity contribution in [1.29, 1.82) is 0 Å². The number of carbonyl (C=O) groups excluding carboxylic acids is 1. The zero-order valence-electron chi connectivity index (χ0n) is 9.69. The van der Waals surface area contributed by atoms with Crippen molar-refractivity contribution in [2.75, 3.05) is 45.9 Å². The summed E-state index contributed by atoms with van der Waals surface area (Å²) >= 11 is 0. The number of piperidine rings is 1. The number of morpholine rings is 1. The molecule has 5 nitrogen and oxygen atoms in total. The molecule has 0 aromatic heterocycles.